The fourth-order valence-electron chi connectivity index (χ4n) is 2.19. The number of rotatable bonds is 4. The van der Waals surface area contributed by atoms with Gasteiger partial charge in [0.2, 0.25) is 0 Å². The van der Waals surface area contributed by atoms with Gasteiger partial charge in [0.05, 0.1) is 10.9 Å². The lowest BCUT2D eigenvalue weighted by Gasteiger charge is -2.15. The van der Waals surface area contributed by atoms with Crippen LogP contribution in [0.1, 0.15) is 30.9 Å². The number of aliphatic carboxylic acids is 1. The van der Waals surface area contributed by atoms with Crippen molar-refractivity contribution in [2.24, 2.45) is 0 Å². The Morgan fingerprint density at radius 2 is 2.10 bits per heavy atom. The topological polar surface area (TPSA) is 66.0 Å². The number of hydrogen-bond acceptors (Lipinski definition) is 2. The van der Waals surface area contributed by atoms with Gasteiger partial charge in [0.1, 0.15) is 5.69 Å². The van der Waals surface area contributed by atoms with Gasteiger partial charge in [0.15, 0.2) is 0 Å². The first-order valence-corrected chi connectivity index (χ1v) is 6.96. The van der Waals surface area contributed by atoms with E-state index in [1.54, 1.807) is 19.2 Å². The zero-order chi connectivity index (χ0) is 14.9. The van der Waals surface area contributed by atoms with Crippen LogP contribution in [-0.4, -0.2) is 21.3 Å². The Balaban J connectivity index is 2.59. The Morgan fingerprint density at radius 3 is 2.60 bits per heavy atom. The summed E-state index contributed by atoms with van der Waals surface area (Å²) in [6.45, 7) is 3.59. The van der Waals surface area contributed by atoms with Gasteiger partial charge in [-0.05, 0) is 36.6 Å². The number of aromatic amines is 1. The predicted octanol–water partition coefficient (Wildman–Crippen LogP) is 4.13. The molecule has 1 heterocycles. The first kappa shape index (κ1) is 14.9. The molecule has 0 saturated carbocycles. The van der Waals surface area contributed by atoms with Crippen LogP contribution >= 0.6 is 23.2 Å². The molecule has 0 aliphatic heterocycles. The van der Waals surface area contributed by atoms with Gasteiger partial charge in [-0.2, -0.15) is 5.10 Å². The number of nitrogens with one attached hydrogen (secondary N) is 1. The Morgan fingerprint density at radius 1 is 1.40 bits per heavy atom. The molecule has 1 aromatic heterocycles. The van der Waals surface area contributed by atoms with Gasteiger partial charge in [-0.15, -0.1) is 0 Å². The number of halogens is 2. The van der Waals surface area contributed by atoms with E-state index in [4.69, 9.17) is 23.2 Å². The average Bonchev–Trinajstić information content (AvgIpc) is 2.83. The summed E-state index contributed by atoms with van der Waals surface area (Å²) < 4.78 is 0. The molecule has 0 amide bonds. The molecule has 2 aromatic rings. The number of carboxylic acid groups (broad SMARTS) is 1. The largest absolute Gasteiger partial charge is 0.481 e. The van der Waals surface area contributed by atoms with Crippen molar-refractivity contribution in [3.63, 3.8) is 0 Å². The maximum atomic E-state index is 11.2. The van der Waals surface area contributed by atoms with Crippen LogP contribution in [-0.2, 0) is 11.2 Å². The highest BCUT2D eigenvalue weighted by Gasteiger charge is 2.22. The quantitative estimate of drug-likeness (QED) is 0.891. The summed E-state index contributed by atoms with van der Waals surface area (Å²) in [4.78, 5) is 11.2. The number of carboxylic acids is 1. The molecule has 0 aliphatic rings. The lowest BCUT2D eigenvalue weighted by atomic mass is 9.92. The van der Waals surface area contributed by atoms with E-state index in [2.05, 4.69) is 10.2 Å². The average molecular weight is 313 g/mol. The summed E-state index contributed by atoms with van der Waals surface area (Å²) in [6.07, 6.45) is 2.27. The summed E-state index contributed by atoms with van der Waals surface area (Å²) >= 11 is 12.3. The van der Waals surface area contributed by atoms with Crippen molar-refractivity contribution in [2.75, 3.05) is 0 Å². The Kier molecular flexibility index (Phi) is 4.35. The molecule has 1 aromatic carbocycles. The lowest BCUT2D eigenvalue weighted by Crippen LogP contribution is -2.10. The molecule has 1 unspecified atom stereocenters. The fourth-order valence-corrected chi connectivity index (χ4v) is 2.79. The minimum absolute atomic E-state index is 0.424. The summed E-state index contributed by atoms with van der Waals surface area (Å²) in [5, 5.41) is 16.9. The van der Waals surface area contributed by atoms with Gasteiger partial charge >= 0.3 is 5.97 Å². The SMILES string of the molecule is CCc1cc(-c2n[nH]cc2Cl)cc(Cl)c1C(C)C(=O)O. The third kappa shape index (κ3) is 2.67. The number of hydrogen-bond donors (Lipinski definition) is 2. The number of aryl methyl sites for hydroxylation is 1. The first-order chi connectivity index (χ1) is 9.45. The molecule has 20 heavy (non-hydrogen) atoms. The van der Waals surface area contributed by atoms with Gasteiger partial charge in [0, 0.05) is 16.8 Å². The van der Waals surface area contributed by atoms with Crippen molar-refractivity contribution in [1.82, 2.24) is 10.2 Å². The Hall–Kier alpha value is -1.52. The number of aromatic nitrogens is 2. The Bertz CT molecular complexity index is 653. The normalized spacial score (nSPS) is 12.4. The minimum Gasteiger partial charge on any atom is -0.481 e. The van der Waals surface area contributed by atoms with Crippen molar-refractivity contribution in [3.05, 3.63) is 39.5 Å². The minimum atomic E-state index is -0.896. The fraction of sp³-hybridized carbons (Fsp3) is 0.286. The van der Waals surface area contributed by atoms with Crippen LogP contribution in [0.5, 0.6) is 0 Å². The highest BCUT2D eigenvalue weighted by atomic mass is 35.5. The molecule has 0 spiro atoms. The highest BCUT2D eigenvalue weighted by Crippen LogP contribution is 2.35. The van der Waals surface area contributed by atoms with Gasteiger partial charge in [-0.25, -0.2) is 0 Å². The molecule has 0 bridgehead atoms. The van der Waals surface area contributed by atoms with E-state index < -0.39 is 11.9 Å². The summed E-state index contributed by atoms with van der Waals surface area (Å²) in [6, 6.07) is 3.60. The summed E-state index contributed by atoms with van der Waals surface area (Å²) in [5.41, 5.74) is 2.93. The molecule has 106 valence electrons. The van der Waals surface area contributed by atoms with E-state index in [1.165, 1.54) is 0 Å². The van der Waals surface area contributed by atoms with E-state index in [0.29, 0.717) is 27.7 Å². The molecule has 0 saturated heterocycles. The summed E-state index contributed by atoms with van der Waals surface area (Å²) in [5.74, 6) is -1.55. The number of nitrogens with zero attached hydrogens (tertiary/aromatic N) is 1. The zero-order valence-electron chi connectivity index (χ0n) is 11.1. The number of carbonyl (C=O) groups is 1. The van der Waals surface area contributed by atoms with Crippen LogP contribution < -0.4 is 0 Å². The second-order valence-corrected chi connectivity index (χ2v) is 5.34. The molecule has 2 N–H and O–H groups in total. The predicted molar refractivity (Wildman–Crippen MR) is 79.5 cm³/mol. The van der Waals surface area contributed by atoms with E-state index in [9.17, 15) is 9.90 Å². The Labute approximate surface area is 126 Å². The molecule has 0 fully saturated rings. The van der Waals surface area contributed by atoms with Gasteiger partial charge in [-0.1, -0.05) is 30.1 Å². The monoisotopic (exact) mass is 312 g/mol. The van der Waals surface area contributed by atoms with Crippen molar-refractivity contribution in [2.45, 2.75) is 26.2 Å². The van der Waals surface area contributed by atoms with E-state index in [0.717, 1.165) is 11.1 Å². The van der Waals surface area contributed by atoms with Crippen LogP contribution in [0.25, 0.3) is 11.3 Å². The van der Waals surface area contributed by atoms with Gasteiger partial charge in [0.25, 0.3) is 0 Å². The molecule has 0 aliphatic carbocycles. The van der Waals surface area contributed by atoms with Gasteiger partial charge < -0.3 is 5.11 Å². The van der Waals surface area contributed by atoms with Crippen LogP contribution in [0, 0.1) is 0 Å². The lowest BCUT2D eigenvalue weighted by molar-refractivity contribution is -0.138. The van der Waals surface area contributed by atoms with E-state index in [1.807, 2.05) is 13.0 Å². The molecule has 0 radical (unpaired) electrons. The van der Waals surface area contributed by atoms with Crippen LogP contribution in [0.15, 0.2) is 18.3 Å². The standard InChI is InChI=1S/C14H14Cl2N2O2/c1-3-8-4-9(13-11(16)6-17-18-13)5-10(15)12(8)7(2)14(19)20/h4-7H,3H2,1-2H3,(H,17,18)(H,19,20). The molecule has 1 atom stereocenters. The molecule has 6 heteroatoms. The maximum absolute atomic E-state index is 11.2. The summed E-state index contributed by atoms with van der Waals surface area (Å²) in [7, 11) is 0. The van der Waals surface area contributed by atoms with Crippen molar-refractivity contribution < 1.29 is 9.90 Å². The van der Waals surface area contributed by atoms with Crippen LogP contribution in [0.4, 0.5) is 0 Å². The smallest absolute Gasteiger partial charge is 0.310 e. The second kappa shape index (κ2) is 5.85. The van der Waals surface area contributed by atoms with Crippen LogP contribution in [0.2, 0.25) is 10.0 Å². The van der Waals surface area contributed by atoms with E-state index in [-0.39, 0.29) is 0 Å². The third-order valence-electron chi connectivity index (χ3n) is 3.27. The molecular weight excluding hydrogens is 299 g/mol. The zero-order valence-corrected chi connectivity index (χ0v) is 12.6. The van der Waals surface area contributed by atoms with Gasteiger partial charge in [-0.3, -0.25) is 9.89 Å². The molecule has 4 nitrogen and oxygen atoms in total. The third-order valence-corrected chi connectivity index (χ3v) is 3.87. The maximum Gasteiger partial charge on any atom is 0.310 e. The molecule has 2 rings (SSSR count). The highest BCUT2D eigenvalue weighted by molar-refractivity contribution is 6.33. The number of H-pyrrole nitrogens is 1. The second-order valence-electron chi connectivity index (χ2n) is 4.53. The first-order valence-electron chi connectivity index (χ1n) is 6.20. The van der Waals surface area contributed by atoms with E-state index >= 15 is 0 Å². The van der Waals surface area contributed by atoms with Crippen molar-refractivity contribution >= 4 is 29.2 Å². The van der Waals surface area contributed by atoms with Crippen molar-refractivity contribution in [3.8, 4) is 11.3 Å². The molecular formula is C14H14Cl2N2O2. The van der Waals surface area contributed by atoms with Crippen molar-refractivity contribution in [1.29, 1.82) is 0 Å². The number of benzene rings is 1. The van der Waals surface area contributed by atoms with Crippen LogP contribution in [0.3, 0.4) is 0 Å².